The van der Waals surface area contributed by atoms with Crippen molar-refractivity contribution in [3.8, 4) is 11.8 Å². The first-order valence-corrected chi connectivity index (χ1v) is 12.3. The van der Waals surface area contributed by atoms with Crippen molar-refractivity contribution >= 4 is 30.4 Å². The molecule has 12 heteroatoms. The highest BCUT2D eigenvalue weighted by molar-refractivity contribution is 6.47. The van der Waals surface area contributed by atoms with Gasteiger partial charge in [-0.15, -0.1) is 0 Å². The number of nitriles is 1. The normalized spacial score (nSPS) is 18.9. The van der Waals surface area contributed by atoms with E-state index in [-0.39, 0.29) is 6.04 Å². The average molecular weight is 497 g/mol. The highest BCUT2D eigenvalue weighted by atomic mass is 16.5. The molecule has 0 aliphatic carbocycles. The summed E-state index contributed by atoms with van der Waals surface area (Å²) in [6, 6.07) is 4.72. The third-order valence-corrected chi connectivity index (χ3v) is 6.85. The summed E-state index contributed by atoms with van der Waals surface area (Å²) < 4.78 is 13.2. The van der Waals surface area contributed by atoms with Crippen LogP contribution in [0.2, 0.25) is 0 Å². The number of aliphatic imine (C=N–C) groups is 1. The van der Waals surface area contributed by atoms with Crippen LogP contribution < -0.4 is 16.2 Å². The van der Waals surface area contributed by atoms with Crippen LogP contribution in [-0.4, -0.2) is 82.1 Å². The van der Waals surface area contributed by atoms with Gasteiger partial charge in [0.25, 0.3) is 0 Å². The van der Waals surface area contributed by atoms with Crippen LogP contribution in [0.5, 0.6) is 5.75 Å². The van der Waals surface area contributed by atoms with Gasteiger partial charge in [-0.05, 0) is 32.8 Å². The first-order chi connectivity index (χ1) is 18.0. The summed E-state index contributed by atoms with van der Waals surface area (Å²) in [4.78, 5) is 15.8. The molecule has 0 saturated carbocycles. The number of ether oxygens (including phenoxy) is 2. The molecule has 11 nitrogen and oxygen atoms in total. The van der Waals surface area contributed by atoms with E-state index in [1.807, 2.05) is 13.8 Å². The van der Waals surface area contributed by atoms with Crippen LogP contribution >= 0.6 is 0 Å². The van der Waals surface area contributed by atoms with Gasteiger partial charge < -0.3 is 15.3 Å². The van der Waals surface area contributed by atoms with Crippen molar-refractivity contribution in [2.24, 2.45) is 15.9 Å². The van der Waals surface area contributed by atoms with Gasteiger partial charge in [0.15, 0.2) is 0 Å². The maximum absolute atomic E-state index is 9.63. The summed E-state index contributed by atoms with van der Waals surface area (Å²) in [7, 11) is 5.80. The Balaban J connectivity index is 1.42. The predicted molar refractivity (Wildman–Crippen MR) is 139 cm³/mol. The first kappa shape index (κ1) is 24.9. The van der Waals surface area contributed by atoms with Crippen molar-refractivity contribution in [3.05, 3.63) is 47.7 Å². The number of fused-ring (bicyclic) bond motifs is 1. The standard InChI is InChI=1S/C25H28BN9O2/c1-15(31-19-3-5-34(6-4-19)20-13-36-14-20)24(33-28)17-7-22(25-18(8-27)9-30-35(25)12-17)37-16(2)21-10-29-11-23(26)32-21/h7,9-12,16,19-20H,3-6,13-14,28H2,1-2H3/b31-15?,33-24+. The van der Waals surface area contributed by atoms with E-state index in [2.05, 4.69) is 31.1 Å². The summed E-state index contributed by atoms with van der Waals surface area (Å²) in [5.41, 5.74) is 3.72. The number of aromatic nitrogens is 4. The Kier molecular flexibility index (Phi) is 7.16. The van der Waals surface area contributed by atoms with Gasteiger partial charge in [-0.1, -0.05) is 0 Å². The zero-order valence-electron chi connectivity index (χ0n) is 20.9. The molecular formula is C25H28BN9O2. The summed E-state index contributed by atoms with van der Waals surface area (Å²) in [6.45, 7) is 7.41. The number of likely N-dealkylation sites (tertiary alicyclic amines) is 1. The summed E-state index contributed by atoms with van der Waals surface area (Å²) in [6.07, 6.45) is 7.80. The molecule has 1 unspecified atom stereocenters. The second kappa shape index (κ2) is 10.7. The highest BCUT2D eigenvalue weighted by Gasteiger charge is 2.29. The molecule has 2 aliphatic heterocycles. The Labute approximate surface area is 216 Å². The van der Waals surface area contributed by atoms with E-state index >= 15 is 0 Å². The number of piperidine rings is 1. The second-order valence-electron chi connectivity index (χ2n) is 9.34. The number of nitrogens with two attached hydrogens (primary N) is 1. The van der Waals surface area contributed by atoms with Crippen molar-refractivity contribution in [1.29, 1.82) is 5.26 Å². The van der Waals surface area contributed by atoms with Crippen molar-refractivity contribution in [3.63, 3.8) is 0 Å². The molecule has 2 radical (unpaired) electrons. The zero-order chi connectivity index (χ0) is 25.9. The number of nitrogens with zero attached hydrogens (tertiary/aromatic N) is 8. The number of hydrogen-bond donors (Lipinski definition) is 1. The van der Waals surface area contributed by atoms with Gasteiger partial charge in [0.05, 0.1) is 49.1 Å². The highest BCUT2D eigenvalue weighted by Crippen LogP contribution is 2.29. The average Bonchev–Trinajstić information content (AvgIpc) is 3.28. The number of hydrogen-bond acceptors (Lipinski definition) is 10. The fourth-order valence-electron chi connectivity index (χ4n) is 4.75. The van der Waals surface area contributed by atoms with E-state index in [0.29, 0.717) is 45.4 Å². The van der Waals surface area contributed by atoms with Crippen molar-refractivity contribution in [2.45, 2.75) is 44.9 Å². The lowest BCUT2D eigenvalue weighted by Gasteiger charge is -2.40. The molecule has 5 heterocycles. The number of rotatable bonds is 7. The van der Waals surface area contributed by atoms with Gasteiger partial charge in [-0.25, -0.2) is 4.52 Å². The maximum atomic E-state index is 9.63. The predicted octanol–water partition coefficient (Wildman–Crippen LogP) is 0.917. The largest absolute Gasteiger partial charge is 0.482 e. The molecule has 188 valence electrons. The molecule has 3 aromatic rings. The van der Waals surface area contributed by atoms with Gasteiger partial charge in [0.2, 0.25) is 0 Å². The van der Waals surface area contributed by atoms with E-state index in [9.17, 15) is 5.26 Å². The SMILES string of the molecule is [B]c1cncc(C(C)Oc2cc(/C(=N/N)C(C)=NC3CCN(C4COC4)CC3)cn3ncc(C#N)c23)n1. The number of pyridine rings is 1. The van der Waals surface area contributed by atoms with Crippen LogP contribution in [0.25, 0.3) is 5.52 Å². The van der Waals surface area contributed by atoms with Gasteiger partial charge in [-0.3, -0.25) is 19.9 Å². The van der Waals surface area contributed by atoms with Crippen LogP contribution in [0, 0.1) is 11.3 Å². The van der Waals surface area contributed by atoms with Gasteiger partial charge in [0, 0.05) is 36.6 Å². The molecule has 2 saturated heterocycles. The lowest BCUT2D eigenvalue weighted by molar-refractivity contribution is -0.0709. The van der Waals surface area contributed by atoms with Crippen molar-refractivity contribution in [2.75, 3.05) is 26.3 Å². The Morgan fingerprint density at radius 1 is 1.30 bits per heavy atom. The minimum Gasteiger partial charge on any atom is -0.482 e. The quantitative estimate of drug-likeness (QED) is 0.220. The second-order valence-corrected chi connectivity index (χ2v) is 9.34. The Hall–Kier alpha value is -3.82. The van der Waals surface area contributed by atoms with Crippen molar-refractivity contribution in [1.82, 2.24) is 24.5 Å². The first-order valence-electron chi connectivity index (χ1n) is 12.3. The van der Waals surface area contributed by atoms with Crippen molar-refractivity contribution < 1.29 is 9.47 Å². The van der Waals surface area contributed by atoms with Crippen LogP contribution in [0.15, 0.2) is 40.9 Å². The van der Waals surface area contributed by atoms with E-state index < -0.39 is 6.10 Å². The molecule has 0 amide bonds. The van der Waals surface area contributed by atoms with E-state index in [1.165, 1.54) is 12.4 Å². The minimum absolute atomic E-state index is 0.200. The van der Waals surface area contributed by atoms with E-state index in [1.54, 1.807) is 23.0 Å². The Bertz CT molecular complexity index is 1380. The zero-order valence-corrected chi connectivity index (χ0v) is 20.9. The maximum Gasteiger partial charge on any atom is 0.148 e. The Morgan fingerprint density at radius 3 is 2.73 bits per heavy atom. The monoisotopic (exact) mass is 497 g/mol. The summed E-state index contributed by atoms with van der Waals surface area (Å²) in [5.74, 6) is 6.30. The molecule has 3 aromatic heterocycles. The lowest BCUT2D eigenvalue weighted by atomic mass is 10.0. The molecule has 37 heavy (non-hydrogen) atoms. The minimum atomic E-state index is -0.490. The van der Waals surface area contributed by atoms with Gasteiger partial charge in [-0.2, -0.15) is 15.5 Å². The smallest absolute Gasteiger partial charge is 0.148 e. The fourth-order valence-corrected chi connectivity index (χ4v) is 4.75. The molecule has 5 rings (SSSR count). The van der Waals surface area contributed by atoms with Crippen LogP contribution in [0.3, 0.4) is 0 Å². The van der Waals surface area contributed by atoms with Crippen LogP contribution in [-0.2, 0) is 4.74 Å². The molecule has 2 fully saturated rings. The summed E-state index contributed by atoms with van der Waals surface area (Å²) >= 11 is 0. The molecule has 2 N–H and O–H groups in total. The summed E-state index contributed by atoms with van der Waals surface area (Å²) in [5, 5.41) is 18.1. The van der Waals surface area contributed by atoms with Crippen LogP contribution in [0.1, 0.15) is 49.6 Å². The molecule has 0 bridgehead atoms. The molecule has 0 aromatic carbocycles. The molecular weight excluding hydrogens is 469 g/mol. The van der Waals surface area contributed by atoms with Gasteiger partial charge >= 0.3 is 0 Å². The van der Waals surface area contributed by atoms with E-state index in [4.69, 9.17) is 28.2 Å². The molecule has 0 spiro atoms. The fraction of sp³-hybridized carbons (Fsp3) is 0.440. The molecule has 2 aliphatic rings. The number of hydrazone groups is 1. The lowest BCUT2D eigenvalue weighted by Crippen LogP contribution is -2.52. The molecule has 1 atom stereocenters. The van der Waals surface area contributed by atoms with Gasteiger partial charge in [0.1, 0.15) is 42.6 Å². The van der Waals surface area contributed by atoms with Crippen LogP contribution in [0.4, 0.5) is 0 Å². The Morgan fingerprint density at radius 2 is 2.08 bits per heavy atom. The van der Waals surface area contributed by atoms with E-state index in [0.717, 1.165) is 44.9 Å². The third kappa shape index (κ3) is 5.19. The topological polar surface area (TPSA) is 139 Å². The third-order valence-electron chi connectivity index (χ3n) is 6.85.